The van der Waals surface area contributed by atoms with Crippen molar-refractivity contribution in [3.63, 3.8) is 0 Å². The van der Waals surface area contributed by atoms with Gasteiger partial charge in [-0.3, -0.25) is 15.2 Å². The molecule has 112 valence electrons. The molecule has 0 aliphatic heterocycles. The number of nitro benzene ring substituents is 1. The topological polar surface area (TPSA) is 93.9 Å². The summed E-state index contributed by atoms with van der Waals surface area (Å²) in [5.41, 5.74) is 0.816. The number of hydrogen-bond acceptors (Lipinski definition) is 5. The van der Waals surface area contributed by atoms with Gasteiger partial charge >= 0.3 is 0 Å². The maximum atomic E-state index is 14.0. The minimum absolute atomic E-state index is 0.0989. The van der Waals surface area contributed by atoms with E-state index in [4.69, 9.17) is 4.74 Å². The fraction of sp³-hybridized carbons (Fsp3) is 0.0769. The van der Waals surface area contributed by atoms with Gasteiger partial charge in [-0.25, -0.2) is 9.37 Å². The van der Waals surface area contributed by atoms with Crippen molar-refractivity contribution in [3.8, 4) is 11.5 Å². The van der Waals surface area contributed by atoms with Gasteiger partial charge in [0, 0.05) is 17.8 Å². The third kappa shape index (κ3) is 2.47. The van der Waals surface area contributed by atoms with Crippen LogP contribution in [0.4, 0.5) is 10.1 Å². The van der Waals surface area contributed by atoms with Crippen molar-refractivity contribution in [2.24, 2.45) is 0 Å². The van der Waals surface area contributed by atoms with Crippen molar-refractivity contribution in [2.45, 2.75) is 6.92 Å². The predicted molar refractivity (Wildman–Crippen MR) is 84.5 cm³/mol. The first-order valence-electron chi connectivity index (χ1n) is 6.08. The van der Waals surface area contributed by atoms with E-state index in [9.17, 15) is 14.5 Å². The van der Waals surface area contributed by atoms with Crippen LogP contribution in [-0.2, 0) is 0 Å². The number of halogens is 2. The molecule has 7 nitrogen and oxygen atoms in total. The van der Waals surface area contributed by atoms with Crippen LogP contribution in [0.25, 0.3) is 11.0 Å². The Hall–Kier alpha value is -2.30. The Labute approximate surface area is 136 Å². The summed E-state index contributed by atoms with van der Waals surface area (Å²) in [7, 11) is 0. The average Bonchev–Trinajstić information content (AvgIpc) is 2.85. The zero-order chi connectivity index (χ0) is 15.9. The minimum atomic E-state index is -0.808. The van der Waals surface area contributed by atoms with Gasteiger partial charge in [-0.2, -0.15) is 5.10 Å². The Kier molecular flexibility index (Phi) is 3.64. The molecule has 22 heavy (non-hydrogen) atoms. The molecule has 3 aromatic rings. The van der Waals surface area contributed by atoms with Crippen LogP contribution in [0.2, 0.25) is 0 Å². The van der Waals surface area contributed by atoms with Crippen molar-refractivity contribution in [1.29, 1.82) is 0 Å². The molecule has 2 aromatic heterocycles. The van der Waals surface area contributed by atoms with Gasteiger partial charge in [0.15, 0.2) is 17.2 Å². The van der Waals surface area contributed by atoms with E-state index < -0.39 is 10.7 Å². The van der Waals surface area contributed by atoms with Crippen molar-refractivity contribution in [3.05, 3.63) is 49.6 Å². The van der Waals surface area contributed by atoms with Crippen molar-refractivity contribution in [1.82, 2.24) is 15.2 Å². The number of nitrogens with one attached hydrogen (secondary N) is 1. The number of hydrogen-bond donors (Lipinski definition) is 1. The van der Waals surface area contributed by atoms with Crippen molar-refractivity contribution in [2.75, 3.05) is 0 Å². The summed E-state index contributed by atoms with van der Waals surface area (Å²) in [5, 5.41) is 18.1. The number of ether oxygens (including phenoxy) is 1. The standard InChI is InChI=1S/C13H8FIN4O3/c1-6-5-16-13-10(12(15)17-18-13)11(6)22-9-3-2-7(19(20)21)4-8(9)14/h2-5H,1H3,(H,16,17,18). The van der Waals surface area contributed by atoms with E-state index in [1.165, 1.54) is 12.1 Å². The maximum Gasteiger partial charge on any atom is 0.272 e. The molecule has 0 saturated carbocycles. The van der Waals surface area contributed by atoms with Gasteiger partial charge in [-0.1, -0.05) is 0 Å². The monoisotopic (exact) mass is 414 g/mol. The molecule has 0 aliphatic carbocycles. The van der Waals surface area contributed by atoms with Crippen LogP contribution in [0.15, 0.2) is 24.4 Å². The lowest BCUT2D eigenvalue weighted by atomic mass is 10.2. The molecule has 1 aromatic carbocycles. The van der Waals surface area contributed by atoms with E-state index in [2.05, 4.69) is 15.2 Å². The van der Waals surface area contributed by atoms with Crippen LogP contribution in [0.1, 0.15) is 5.56 Å². The Morgan fingerprint density at radius 3 is 2.91 bits per heavy atom. The highest BCUT2D eigenvalue weighted by atomic mass is 127. The zero-order valence-electron chi connectivity index (χ0n) is 11.1. The number of pyridine rings is 1. The van der Waals surface area contributed by atoms with Gasteiger partial charge in [0.1, 0.15) is 9.45 Å². The molecule has 0 spiro atoms. The van der Waals surface area contributed by atoms with Gasteiger partial charge in [0.25, 0.3) is 5.69 Å². The summed E-state index contributed by atoms with van der Waals surface area (Å²) < 4.78 is 20.3. The molecule has 2 heterocycles. The van der Waals surface area contributed by atoms with E-state index in [0.29, 0.717) is 26.0 Å². The lowest BCUT2D eigenvalue weighted by Crippen LogP contribution is -1.95. The van der Waals surface area contributed by atoms with Crippen LogP contribution >= 0.6 is 22.6 Å². The third-order valence-corrected chi connectivity index (χ3v) is 3.79. The summed E-state index contributed by atoms with van der Waals surface area (Å²) in [6, 6.07) is 3.24. The van der Waals surface area contributed by atoms with Crippen molar-refractivity contribution < 1.29 is 14.1 Å². The molecule has 0 saturated heterocycles. The normalized spacial score (nSPS) is 10.9. The summed E-state index contributed by atoms with van der Waals surface area (Å²) >= 11 is 2.04. The number of aromatic amines is 1. The molecule has 3 rings (SSSR count). The first-order chi connectivity index (χ1) is 10.5. The lowest BCUT2D eigenvalue weighted by molar-refractivity contribution is -0.385. The number of benzene rings is 1. The number of non-ortho nitro benzene ring substituents is 1. The minimum Gasteiger partial charge on any atom is -0.453 e. The molecule has 0 unspecified atom stereocenters. The average molecular weight is 414 g/mol. The number of aryl methyl sites for hydroxylation is 1. The Morgan fingerprint density at radius 2 is 2.23 bits per heavy atom. The van der Waals surface area contributed by atoms with E-state index in [1.807, 2.05) is 22.6 Å². The zero-order valence-corrected chi connectivity index (χ0v) is 13.3. The fourth-order valence-corrected chi connectivity index (χ4v) is 2.55. The summed E-state index contributed by atoms with van der Waals surface area (Å²) in [6.07, 6.45) is 1.57. The van der Waals surface area contributed by atoms with Crippen LogP contribution in [0.5, 0.6) is 11.5 Å². The molecule has 0 fully saturated rings. The number of rotatable bonds is 3. The van der Waals surface area contributed by atoms with Gasteiger partial charge < -0.3 is 4.74 Å². The predicted octanol–water partition coefficient (Wildman–Crippen LogP) is 3.71. The van der Waals surface area contributed by atoms with E-state index in [-0.39, 0.29) is 11.4 Å². The Bertz CT molecular complexity index is 896. The number of H-pyrrole nitrogens is 1. The number of nitro groups is 1. The molecular weight excluding hydrogens is 406 g/mol. The van der Waals surface area contributed by atoms with Crippen LogP contribution in [0, 0.1) is 26.6 Å². The molecular formula is C13H8FIN4O3. The second kappa shape index (κ2) is 5.48. The van der Waals surface area contributed by atoms with Gasteiger partial charge in [0.05, 0.1) is 16.4 Å². The molecule has 0 aliphatic rings. The lowest BCUT2D eigenvalue weighted by Gasteiger charge is -2.10. The highest BCUT2D eigenvalue weighted by molar-refractivity contribution is 14.1. The molecule has 0 bridgehead atoms. The quantitative estimate of drug-likeness (QED) is 0.401. The van der Waals surface area contributed by atoms with Gasteiger partial charge in [-0.15, -0.1) is 0 Å². The largest absolute Gasteiger partial charge is 0.453 e. The maximum absolute atomic E-state index is 14.0. The van der Waals surface area contributed by atoms with Crippen LogP contribution < -0.4 is 4.74 Å². The highest BCUT2D eigenvalue weighted by Gasteiger charge is 2.17. The molecule has 9 heteroatoms. The summed E-state index contributed by atoms with van der Waals surface area (Å²) in [4.78, 5) is 14.1. The van der Waals surface area contributed by atoms with E-state index in [0.717, 1.165) is 6.07 Å². The molecule has 0 radical (unpaired) electrons. The third-order valence-electron chi connectivity index (χ3n) is 3.01. The van der Waals surface area contributed by atoms with E-state index in [1.54, 1.807) is 13.1 Å². The van der Waals surface area contributed by atoms with Crippen LogP contribution in [-0.4, -0.2) is 20.1 Å². The molecule has 0 amide bonds. The Morgan fingerprint density at radius 1 is 1.45 bits per heavy atom. The van der Waals surface area contributed by atoms with Gasteiger partial charge in [-0.05, 0) is 35.6 Å². The summed E-state index contributed by atoms with van der Waals surface area (Å²) in [5.74, 6) is -0.494. The number of nitrogens with zero attached hydrogens (tertiary/aromatic N) is 3. The van der Waals surface area contributed by atoms with Gasteiger partial charge in [0.2, 0.25) is 0 Å². The SMILES string of the molecule is Cc1cnc2n[nH]c(I)c2c1Oc1ccc([N+](=O)[O-])cc1F. The fourth-order valence-electron chi connectivity index (χ4n) is 1.95. The van der Waals surface area contributed by atoms with Crippen molar-refractivity contribution >= 4 is 39.3 Å². The second-order valence-electron chi connectivity index (χ2n) is 4.48. The Balaban J connectivity index is 2.09. The number of aromatic nitrogens is 3. The smallest absolute Gasteiger partial charge is 0.272 e. The highest BCUT2D eigenvalue weighted by Crippen LogP contribution is 2.35. The summed E-state index contributed by atoms with van der Waals surface area (Å²) in [6.45, 7) is 1.77. The van der Waals surface area contributed by atoms with Crippen LogP contribution in [0.3, 0.4) is 0 Å². The second-order valence-corrected chi connectivity index (χ2v) is 5.56. The first kappa shape index (κ1) is 14.6. The molecule has 0 atom stereocenters. The molecule has 1 N–H and O–H groups in total. The van der Waals surface area contributed by atoms with E-state index >= 15 is 0 Å². The first-order valence-corrected chi connectivity index (χ1v) is 7.16. The number of fused-ring (bicyclic) bond motifs is 1.